The van der Waals surface area contributed by atoms with Crippen LogP contribution < -0.4 is 14.8 Å². The number of pyridine rings is 2. The van der Waals surface area contributed by atoms with Gasteiger partial charge in [0.15, 0.2) is 0 Å². The first-order chi connectivity index (χ1) is 40.3. The number of aliphatic hydroxyl groups excluding tert-OH is 2. The normalized spacial score (nSPS) is 14.1. The highest BCUT2D eigenvalue weighted by molar-refractivity contribution is 6.18. The first-order valence-electron chi connectivity index (χ1n) is 27.3. The average Bonchev–Trinajstić information content (AvgIpc) is 4.44. The van der Waals surface area contributed by atoms with Crippen LogP contribution in [0, 0.1) is 27.7 Å². The molecule has 0 aliphatic carbocycles. The Hall–Kier alpha value is -9.70. The first kappa shape index (κ1) is 53.9. The van der Waals surface area contributed by atoms with E-state index < -0.39 is 12.1 Å². The van der Waals surface area contributed by atoms with Crippen molar-refractivity contribution in [2.45, 2.75) is 65.6 Å². The summed E-state index contributed by atoms with van der Waals surface area (Å²) in [6, 6.07) is 27.1. The molecule has 0 atom stereocenters. The number of rotatable bonds is 8. The van der Waals surface area contributed by atoms with Gasteiger partial charge in [-0.3, -0.25) is 14.8 Å². The molecule has 4 aromatic carbocycles. The highest BCUT2D eigenvalue weighted by Crippen LogP contribution is 2.44. The molecule has 8 aromatic heterocycles. The number of aromatic nitrogens is 10. The number of carboxylic acids is 1. The van der Waals surface area contributed by atoms with Gasteiger partial charge >= 0.3 is 5.97 Å². The van der Waals surface area contributed by atoms with Gasteiger partial charge in [-0.05, 0) is 115 Å². The highest BCUT2D eigenvalue weighted by atomic mass is 16.5. The standard InChI is InChI=1S/C31H28N6O4.C26H19N5O4.C5H11NO/c1-16-26(17(2)41-36-16)22-14-24-21(15-25(22)40-3)27-28(20-8-11-32-23-7-5-4-6-19(20)23)34-30(35-29(27)33-24)31(39)37-12-9-18(38)10-13-37;1-12-21(13(2)35-31-12)17-10-19-16(11-20(17)34-3)22-23(29-25(26(32)33)30-24(22)28-19)15-8-9-27-18-7-5-4-6-14(15)18;7-5-1-3-6-4-2-5/h4-8,11,14-15,18,38H,9-10,12-13H2,1-3H3,(H,33,34,35);4-11H,1-3H3,(H,32,33)(H,28,29,30);5-7H,1-4H2. The number of aromatic carboxylic acids is 1. The van der Waals surface area contributed by atoms with E-state index in [-0.39, 0.29) is 23.7 Å². The van der Waals surface area contributed by atoms with Crippen LogP contribution >= 0.6 is 0 Å². The summed E-state index contributed by atoms with van der Waals surface area (Å²) < 4.78 is 22.4. The molecule has 2 fully saturated rings. The van der Waals surface area contributed by atoms with Crippen LogP contribution in [0.5, 0.6) is 11.5 Å². The van der Waals surface area contributed by atoms with Crippen molar-refractivity contribution >= 4 is 77.6 Å². The van der Waals surface area contributed by atoms with E-state index in [4.69, 9.17) is 33.6 Å². The van der Waals surface area contributed by atoms with Crippen molar-refractivity contribution in [3.63, 3.8) is 0 Å². The lowest BCUT2D eigenvalue weighted by molar-refractivity contribution is 0.0535. The summed E-state index contributed by atoms with van der Waals surface area (Å²) in [5, 5.41) is 44.8. The molecular weight excluding hydrogens is 1060 g/mol. The third kappa shape index (κ3) is 10.1. The Kier molecular flexibility index (Phi) is 14.5. The van der Waals surface area contributed by atoms with Gasteiger partial charge in [0.05, 0.1) is 82.1 Å². The second-order valence-electron chi connectivity index (χ2n) is 20.6. The maximum absolute atomic E-state index is 13.7. The summed E-state index contributed by atoms with van der Waals surface area (Å²) in [5.41, 5.74) is 11.8. The highest BCUT2D eigenvalue weighted by Gasteiger charge is 2.29. The number of piperidine rings is 2. The number of benzene rings is 4. The van der Waals surface area contributed by atoms with E-state index in [2.05, 4.69) is 45.5 Å². The van der Waals surface area contributed by atoms with Gasteiger partial charge in [0, 0.05) is 80.3 Å². The number of hydrogen-bond donors (Lipinski definition) is 6. The molecule has 2 aliphatic heterocycles. The molecule has 420 valence electrons. The summed E-state index contributed by atoms with van der Waals surface area (Å²) >= 11 is 0. The number of aliphatic hydroxyl groups is 2. The minimum absolute atomic E-state index is 0.0266. The third-order valence-electron chi connectivity index (χ3n) is 15.4. The molecule has 0 radical (unpaired) electrons. The van der Waals surface area contributed by atoms with Crippen LogP contribution in [0.15, 0.2) is 106 Å². The number of nitrogens with one attached hydrogen (secondary N) is 3. The zero-order valence-electron chi connectivity index (χ0n) is 46.4. The number of fused-ring (bicyclic) bond motifs is 8. The van der Waals surface area contributed by atoms with E-state index in [0.29, 0.717) is 77.0 Å². The number of H-pyrrole nitrogens is 2. The summed E-state index contributed by atoms with van der Waals surface area (Å²) in [6.07, 6.45) is 5.96. The molecule has 0 saturated carbocycles. The van der Waals surface area contributed by atoms with Crippen molar-refractivity contribution < 1.29 is 43.4 Å². The van der Waals surface area contributed by atoms with Gasteiger partial charge in [-0.25, -0.2) is 24.7 Å². The third-order valence-corrected chi connectivity index (χ3v) is 15.4. The number of amides is 1. The van der Waals surface area contributed by atoms with E-state index in [1.165, 1.54) is 0 Å². The van der Waals surface area contributed by atoms with Crippen LogP contribution in [0.3, 0.4) is 0 Å². The predicted molar refractivity (Wildman–Crippen MR) is 314 cm³/mol. The van der Waals surface area contributed by atoms with Gasteiger partial charge in [0.2, 0.25) is 11.6 Å². The van der Waals surface area contributed by atoms with E-state index >= 15 is 0 Å². The molecule has 2 saturated heterocycles. The van der Waals surface area contributed by atoms with Gasteiger partial charge in [-0.15, -0.1) is 0 Å². The van der Waals surface area contributed by atoms with Crippen LogP contribution in [-0.4, -0.2) is 135 Å². The zero-order chi connectivity index (χ0) is 57.6. The molecule has 12 aromatic rings. The molecular formula is C62H58N12O9. The van der Waals surface area contributed by atoms with Crippen molar-refractivity contribution in [3.8, 4) is 56.3 Å². The van der Waals surface area contributed by atoms with Crippen molar-refractivity contribution in [3.05, 3.63) is 132 Å². The van der Waals surface area contributed by atoms with E-state index in [0.717, 1.165) is 120 Å². The lowest BCUT2D eigenvalue weighted by Gasteiger charge is -2.29. The summed E-state index contributed by atoms with van der Waals surface area (Å²) in [4.78, 5) is 61.4. The van der Waals surface area contributed by atoms with Gasteiger partial charge in [0.1, 0.15) is 34.3 Å². The molecule has 6 N–H and O–H groups in total. The topological polar surface area (TPSA) is 290 Å². The van der Waals surface area contributed by atoms with Crippen molar-refractivity contribution in [2.75, 3.05) is 40.4 Å². The second kappa shape index (κ2) is 22.3. The van der Waals surface area contributed by atoms with Gasteiger partial charge < -0.3 is 54.0 Å². The Morgan fingerprint density at radius 3 is 1.47 bits per heavy atom. The smallest absolute Gasteiger partial charge is 0.374 e. The number of para-hydroxylation sites is 2. The van der Waals surface area contributed by atoms with E-state index in [9.17, 15) is 19.8 Å². The van der Waals surface area contributed by atoms with E-state index in [1.54, 1.807) is 31.5 Å². The van der Waals surface area contributed by atoms with Crippen molar-refractivity contribution in [1.29, 1.82) is 0 Å². The van der Waals surface area contributed by atoms with Gasteiger partial charge in [-0.2, -0.15) is 0 Å². The Labute approximate surface area is 473 Å². The molecule has 0 spiro atoms. The quantitative estimate of drug-likeness (QED) is 0.0824. The number of ether oxygens (including phenoxy) is 2. The van der Waals surface area contributed by atoms with Crippen LogP contribution in [0.1, 0.15) is 69.8 Å². The first-order valence-corrected chi connectivity index (χ1v) is 27.3. The summed E-state index contributed by atoms with van der Waals surface area (Å²) in [5.74, 6) is 0.996. The number of aromatic amines is 2. The fourth-order valence-corrected chi connectivity index (χ4v) is 11.3. The van der Waals surface area contributed by atoms with E-state index in [1.807, 2.05) is 113 Å². The average molecular weight is 1120 g/mol. The molecule has 83 heavy (non-hydrogen) atoms. The van der Waals surface area contributed by atoms with Crippen molar-refractivity contribution in [1.82, 2.24) is 60.4 Å². The zero-order valence-corrected chi connectivity index (χ0v) is 46.4. The molecule has 1 amide bonds. The number of nitrogens with zero attached hydrogens (tertiary/aromatic N) is 9. The van der Waals surface area contributed by atoms with Crippen molar-refractivity contribution in [2.24, 2.45) is 0 Å². The molecule has 21 nitrogen and oxygen atoms in total. The fourth-order valence-electron chi connectivity index (χ4n) is 11.3. The Morgan fingerprint density at radius 2 is 1.04 bits per heavy atom. The number of carbonyl (C=O) groups is 2. The lowest BCUT2D eigenvalue weighted by Crippen LogP contribution is -2.40. The SMILES string of the molecule is COc1cc2c(cc1-c1c(C)noc1C)[nH]c1nc(C(=O)N3CCC(O)CC3)nc(-c3ccnc4ccccc34)c12.COc1cc2c(cc1-c1c(C)noc1C)[nH]c1nc(C(=O)O)nc(-c3ccnc4ccccc34)c12.OC1CCNCC1. The molecule has 0 unspecified atom stereocenters. The Bertz CT molecular complexity index is 4430. The summed E-state index contributed by atoms with van der Waals surface area (Å²) in [7, 11) is 3.24. The number of aryl methyl sites for hydroxylation is 4. The monoisotopic (exact) mass is 1110 g/mol. The maximum atomic E-state index is 13.7. The molecule has 2 aliphatic rings. The minimum Gasteiger partial charge on any atom is -0.496 e. The van der Waals surface area contributed by atoms with Crippen LogP contribution in [0.2, 0.25) is 0 Å². The van der Waals surface area contributed by atoms with Crippen LogP contribution in [0.25, 0.3) is 110 Å². The number of carbonyl (C=O) groups excluding carboxylic acids is 1. The lowest BCUT2D eigenvalue weighted by atomic mass is 9.99. The maximum Gasteiger partial charge on any atom is 0.374 e. The molecule has 14 rings (SSSR count). The second-order valence-corrected chi connectivity index (χ2v) is 20.6. The molecule has 0 bridgehead atoms. The predicted octanol–water partition coefficient (Wildman–Crippen LogP) is 10.2. The fraction of sp³-hybridized carbons (Fsp3) is 0.258. The number of carboxylic acid groups (broad SMARTS) is 1. The van der Waals surface area contributed by atoms with Gasteiger partial charge in [0.25, 0.3) is 5.91 Å². The van der Waals surface area contributed by atoms with Gasteiger partial charge in [-0.1, -0.05) is 46.7 Å². The number of methoxy groups -OCH3 is 2. The Morgan fingerprint density at radius 1 is 0.578 bits per heavy atom. The minimum atomic E-state index is -1.21. The molecule has 21 heteroatoms. The molecule has 10 heterocycles. The van der Waals surface area contributed by atoms with Crippen LogP contribution in [0.4, 0.5) is 0 Å². The largest absolute Gasteiger partial charge is 0.496 e. The number of hydrogen-bond acceptors (Lipinski definition) is 17. The van der Waals surface area contributed by atoms with Crippen LogP contribution in [-0.2, 0) is 0 Å². The Balaban J connectivity index is 0.000000148. The number of likely N-dealkylation sites (tertiary alicyclic amines) is 1. The summed E-state index contributed by atoms with van der Waals surface area (Å²) in [6.45, 7) is 10.4.